The molecule has 0 aromatic heterocycles. The third-order valence-electron chi connectivity index (χ3n) is 2.95. The second-order valence-electron chi connectivity index (χ2n) is 4.98. The molecule has 23 heavy (non-hydrogen) atoms. The Kier molecular flexibility index (Phi) is 12.6. The van der Waals surface area contributed by atoms with Crippen molar-refractivity contribution >= 4 is 11.9 Å². The van der Waals surface area contributed by atoms with Gasteiger partial charge in [0.05, 0.1) is 0 Å². The third-order valence-corrected chi connectivity index (χ3v) is 2.95. The van der Waals surface area contributed by atoms with Crippen molar-refractivity contribution in [2.45, 2.75) is 44.8 Å². The highest BCUT2D eigenvalue weighted by Crippen LogP contribution is 2.08. The molecule has 0 aromatic rings. The Hall–Kier alpha value is -1.92. The first kappa shape index (κ1) is 21.1. The summed E-state index contributed by atoms with van der Waals surface area (Å²) in [5, 5.41) is 8.69. The van der Waals surface area contributed by atoms with Gasteiger partial charge in [0.2, 0.25) is 5.91 Å². The summed E-state index contributed by atoms with van der Waals surface area (Å²) in [7, 11) is 0. The number of hydrogen-bond donors (Lipinski definition) is 2. The Morgan fingerprint density at radius 1 is 1.35 bits per heavy atom. The van der Waals surface area contributed by atoms with Gasteiger partial charge >= 0.3 is 5.97 Å². The van der Waals surface area contributed by atoms with Crippen molar-refractivity contribution < 1.29 is 25.6 Å². The summed E-state index contributed by atoms with van der Waals surface area (Å²) in [5.41, 5.74) is 5.71. The molecule has 1 fully saturated rings. The van der Waals surface area contributed by atoms with Crippen molar-refractivity contribution in [2.24, 2.45) is 5.73 Å². The first-order valence-corrected chi connectivity index (χ1v) is 7.67. The van der Waals surface area contributed by atoms with Crippen molar-refractivity contribution in [1.82, 2.24) is 0 Å². The number of carbonyl (C=O) groups is 2. The summed E-state index contributed by atoms with van der Waals surface area (Å²) in [5.74, 6) is -0.760. The molecule has 1 amide bonds. The lowest BCUT2D eigenvalue weighted by Gasteiger charge is -2.16. The highest BCUT2D eigenvalue weighted by Gasteiger charge is 2.07. The van der Waals surface area contributed by atoms with E-state index in [1.807, 2.05) is 0 Å². The van der Waals surface area contributed by atoms with Crippen LogP contribution < -0.4 is 5.73 Å². The monoisotopic (exact) mass is 327 g/mol. The minimum absolute atomic E-state index is 0. The molecule has 0 saturated carbocycles. The zero-order chi connectivity index (χ0) is 17.5. The fourth-order valence-electron chi connectivity index (χ4n) is 1.69. The number of nitrogens with two attached hydrogens (primary N) is 1. The number of hydrogen-bond acceptors (Lipinski definition) is 5. The molecule has 1 aliphatic heterocycles. The molecular weight excluding hydrogens is 298 g/mol. The molecule has 0 aliphatic carbocycles. The predicted octanol–water partition coefficient (Wildman–Crippen LogP) is 2.23. The van der Waals surface area contributed by atoms with Gasteiger partial charge in [-0.3, -0.25) is 9.59 Å². The maximum atomic E-state index is 11.2. The summed E-state index contributed by atoms with van der Waals surface area (Å²) in [6.07, 6.45) is 8.29. The minimum Gasteiger partial charge on any atom is -0.461 e. The molecular formula is C17H29NO5. The van der Waals surface area contributed by atoms with Crippen LogP contribution in [0.4, 0.5) is 0 Å². The van der Waals surface area contributed by atoms with E-state index in [0.717, 1.165) is 31.4 Å². The van der Waals surface area contributed by atoms with Gasteiger partial charge < -0.3 is 20.3 Å². The predicted molar refractivity (Wildman–Crippen MR) is 90.4 cm³/mol. The lowest BCUT2D eigenvalue weighted by atomic mass is 10.2. The molecule has 6 nitrogen and oxygen atoms in total. The molecule has 1 heterocycles. The highest BCUT2D eigenvalue weighted by atomic mass is 16.6. The number of aliphatic hydroxyl groups is 1. The Morgan fingerprint density at radius 3 is 2.52 bits per heavy atom. The molecule has 1 aliphatic rings. The van der Waals surface area contributed by atoms with Crippen molar-refractivity contribution in [1.29, 1.82) is 0 Å². The van der Waals surface area contributed by atoms with E-state index in [1.54, 1.807) is 18.2 Å². The van der Waals surface area contributed by atoms with Gasteiger partial charge in [-0.15, -0.1) is 0 Å². The van der Waals surface area contributed by atoms with Gasteiger partial charge in [0.25, 0.3) is 0 Å². The van der Waals surface area contributed by atoms with E-state index in [1.165, 1.54) is 0 Å². The van der Waals surface area contributed by atoms with Crippen LogP contribution in [0.3, 0.4) is 0 Å². The zero-order valence-electron chi connectivity index (χ0n) is 13.5. The van der Waals surface area contributed by atoms with Gasteiger partial charge in [0, 0.05) is 20.9 Å². The standard InChI is InChI=1S/C12H17NO3.C5H10O2.H2/c1-3-6-10(4-2)9-16-12(15)8-5-7-11(13)14;6-5-3-1-2-4-7-5;/h3-4,6H,1-2,5,7-9H2,(H2,13,14);5-6H,1-4H2;1H/b10-6+;;. The van der Waals surface area contributed by atoms with Gasteiger partial charge in [0.1, 0.15) is 6.61 Å². The maximum Gasteiger partial charge on any atom is 0.306 e. The Balaban J connectivity index is 0. The largest absolute Gasteiger partial charge is 0.461 e. The van der Waals surface area contributed by atoms with Crippen LogP contribution in [0.1, 0.15) is 40.0 Å². The van der Waals surface area contributed by atoms with Gasteiger partial charge in [-0.25, -0.2) is 0 Å². The van der Waals surface area contributed by atoms with E-state index < -0.39 is 12.2 Å². The molecule has 1 atom stereocenters. The summed E-state index contributed by atoms with van der Waals surface area (Å²) in [6.45, 7) is 8.01. The first-order chi connectivity index (χ1) is 11.0. The fourth-order valence-corrected chi connectivity index (χ4v) is 1.69. The van der Waals surface area contributed by atoms with Crippen LogP contribution >= 0.6 is 0 Å². The molecule has 1 unspecified atom stereocenters. The summed E-state index contributed by atoms with van der Waals surface area (Å²) in [4.78, 5) is 21.6. The van der Waals surface area contributed by atoms with E-state index >= 15 is 0 Å². The first-order valence-electron chi connectivity index (χ1n) is 7.67. The Bertz CT molecular complexity index is 417. The van der Waals surface area contributed by atoms with Crippen LogP contribution in [0.2, 0.25) is 0 Å². The highest BCUT2D eigenvalue weighted by molar-refractivity contribution is 5.75. The van der Waals surface area contributed by atoms with E-state index in [0.29, 0.717) is 6.42 Å². The Morgan fingerprint density at radius 2 is 2.09 bits per heavy atom. The molecule has 1 saturated heterocycles. The summed E-state index contributed by atoms with van der Waals surface area (Å²) < 4.78 is 9.78. The number of ether oxygens (including phenoxy) is 2. The van der Waals surface area contributed by atoms with Crippen molar-refractivity contribution in [3.63, 3.8) is 0 Å². The number of aliphatic hydroxyl groups excluding tert-OH is 1. The van der Waals surface area contributed by atoms with Crippen LogP contribution in [0.25, 0.3) is 0 Å². The molecule has 1 rings (SSSR count). The summed E-state index contributed by atoms with van der Waals surface area (Å²) in [6, 6.07) is 0. The SMILES string of the molecule is C=C/C=C(\C=C)COC(=O)CCCC(N)=O.OC1CCCCO1.[HH]. The second-order valence-corrected chi connectivity index (χ2v) is 4.98. The number of amides is 1. The summed E-state index contributed by atoms with van der Waals surface area (Å²) >= 11 is 0. The lowest BCUT2D eigenvalue weighted by Crippen LogP contribution is -2.17. The molecule has 6 heteroatoms. The molecule has 0 spiro atoms. The molecule has 0 radical (unpaired) electrons. The van der Waals surface area contributed by atoms with Crippen molar-refractivity contribution in [2.75, 3.05) is 13.2 Å². The van der Waals surface area contributed by atoms with Gasteiger partial charge in [0.15, 0.2) is 6.29 Å². The smallest absolute Gasteiger partial charge is 0.306 e. The lowest BCUT2D eigenvalue weighted by molar-refractivity contribution is -0.142. The van der Waals surface area contributed by atoms with Gasteiger partial charge in [-0.05, 0) is 31.3 Å². The Labute approximate surface area is 139 Å². The number of carbonyl (C=O) groups excluding carboxylic acids is 2. The second kappa shape index (κ2) is 13.7. The average Bonchev–Trinajstić information content (AvgIpc) is 2.52. The number of allylic oxidation sites excluding steroid dienone is 2. The number of rotatable bonds is 8. The van der Waals surface area contributed by atoms with E-state index in [2.05, 4.69) is 13.2 Å². The van der Waals surface area contributed by atoms with Crippen LogP contribution in [-0.4, -0.2) is 36.5 Å². The minimum atomic E-state index is -0.464. The third kappa shape index (κ3) is 13.5. The normalized spacial score (nSPS) is 17.4. The van der Waals surface area contributed by atoms with Crippen LogP contribution in [0.5, 0.6) is 0 Å². The average molecular weight is 327 g/mol. The van der Waals surface area contributed by atoms with Crippen molar-refractivity contribution in [3.8, 4) is 0 Å². The number of esters is 1. The molecule has 0 bridgehead atoms. The molecule has 3 N–H and O–H groups in total. The van der Waals surface area contributed by atoms with Crippen LogP contribution in [-0.2, 0) is 19.1 Å². The van der Waals surface area contributed by atoms with E-state index in [9.17, 15) is 9.59 Å². The quantitative estimate of drug-likeness (QED) is 0.526. The van der Waals surface area contributed by atoms with Gasteiger partial charge in [-0.1, -0.05) is 31.4 Å². The van der Waals surface area contributed by atoms with Gasteiger partial charge in [-0.2, -0.15) is 0 Å². The number of primary amides is 1. The van der Waals surface area contributed by atoms with Crippen LogP contribution in [0.15, 0.2) is 37.0 Å². The van der Waals surface area contributed by atoms with Crippen molar-refractivity contribution in [3.05, 3.63) is 37.0 Å². The van der Waals surface area contributed by atoms with Crippen LogP contribution in [0, 0.1) is 0 Å². The molecule has 0 aromatic carbocycles. The van der Waals surface area contributed by atoms with E-state index in [4.69, 9.17) is 20.3 Å². The maximum absolute atomic E-state index is 11.2. The fraction of sp³-hybridized carbons (Fsp3) is 0.529. The zero-order valence-corrected chi connectivity index (χ0v) is 13.5. The molecule has 132 valence electrons. The van der Waals surface area contributed by atoms with E-state index in [-0.39, 0.29) is 26.8 Å². The topological polar surface area (TPSA) is 98.9 Å².